The van der Waals surface area contributed by atoms with Gasteiger partial charge in [-0.15, -0.1) is 0 Å². The molecule has 0 spiro atoms. The van der Waals surface area contributed by atoms with Crippen LogP contribution in [0.3, 0.4) is 0 Å². The first-order chi connectivity index (χ1) is 7.56. The Balaban J connectivity index is 2.59. The maximum atomic E-state index is 13.7. The second-order valence-electron chi connectivity index (χ2n) is 3.71. The largest absolute Gasteiger partial charge is 0.465 e. The Morgan fingerprint density at radius 3 is 2.44 bits per heavy atom. The number of benzene rings is 1. The molecule has 1 aliphatic rings. The third-order valence-electron chi connectivity index (χ3n) is 2.58. The van der Waals surface area contributed by atoms with E-state index in [4.69, 9.17) is 0 Å². The van der Waals surface area contributed by atoms with Crippen molar-refractivity contribution in [3.8, 4) is 0 Å². The number of carbonyl (C=O) groups is 1. The molecule has 1 fully saturated rings. The van der Waals surface area contributed by atoms with Crippen molar-refractivity contribution in [2.24, 2.45) is 0 Å². The smallest absolute Gasteiger partial charge is 0.340 e. The molecule has 1 saturated carbocycles. The van der Waals surface area contributed by atoms with E-state index in [-0.39, 0.29) is 11.5 Å². The first-order valence-corrected chi connectivity index (χ1v) is 4.82. The minimum Gasteiger partial charge on any atom is -0.465 e. The van der Waals surface area contributed by atoms with Gasteiger partial charge in [0.25, 0.3) is 0 Å². The Kier molecular flexibility index (Phi) is 2.61. The normalized spacial score (nSPS) is 15.0. The summed E-state index contributed by atoms with van der Waals surface area (Å²) >= 11 is 0. The second-order valence-corrected chi connectivity index (χ2v) is 3.71. The molecule has 0 radical (unpaired) electrons. The molecule has 0 aliphatic heterocycles. The molecular weight excluding hydrogens is 221 g/mol. The highest BCUT2D eigenvalue weighted by atomic mass is 19.2. The molecule has 0 saturated heterocycles. The molecule has 0 amide bonds. The maximum Gasteiger partial charge on any atom is 0.340 e. The van der Waals surface area contributed by atoms with E-state index in [9.17, 15) is 18.0 Å². The summed E-state index contributed by atoms with van der Waals surface area (Å²) in [5.74, 6) is -4.75. The van der Waals surface area contributed by atoms with Gasteiger partial charge >= 0.3 is 5.97 Å². The van der Waals surface area contributed by atoms with E-state index in [0.717, 1.165) is 7.11 Å². The summed E-state index contributed by atoms with van der Waals surface area (Å²) in [7, 11) is 1.06. The lowest BCUT2D eigenvalue weighted by atomic mass is 10.0. The van der Waals surface area contributed by atoms with Crippen molar-refractivity contribution in [1.82, 2.24) is 0 Å². The van der Waals surface area contributed by atoms with E-state index >= 15 is 0 Å². The van der Waals surface area contributed by atoms with Gasteiger partial charge in [-0.2, -0.15) is 0 Å². The molecule has 2 rings (SSSR count). The Hall–Kier alpha value is -1.52. The third kappa shape index (κ3) is 1.66. The molecule has 86 valence electrons. The van der Waals surface area contributed by atoms with Gasteiger partial charge in [-0.1, -0.05) is 0 Å². The van der Waals surface area contributed by atoms with E-state index in [0.29, 0.717) is 18.9 Å². The number of halogens is 3. The van der Waals surface area contributed by atoms with Crippen LogP contribution in [-0.2, 0) is 4.74 Å². The zero-order valence-corrected chi connectivity index (χ0v) is 8.52. The summed E-state index contributed by atoms with van der Waals surface area (Å²) < 4.78 is 44.5. The Bertz CT molecular complexity index is 453. The van der Waals surface area contributed by atoms with Crippen LogP contribution in [0.5, 0.6) is 0 Å². The number of methoxy groups -OCH3 is 1. The predicted octanol–water partition coefficient (Wildman–Crippen LogP) is 2.77. The third-order valence-corrected chi connectivity index (χ3v) is 2.58. The highest BCUT2D eigenvalue weighted by molar-refractivity contribution is 5.90. The summed E-state index contributed by atoms with van der Waals surface area (Å²) in [6, 6.07) is 0.530. The molecule has 0 heterocycles. The summed E-state index contributed by atoms with van der Waals surface area (Å²) in [5, 5.41) is 0. The van der Waals surface area contributed by atoms with Crippen LogP contribution in [0.2, 0.25) is 0 Å². The van der Waals surface area contributed by atoms with Crippen molar-refractivity contribution in [3.63, 3.8) is 0 Å². The van der Waals surface area contributed by atoms with Gasteiger partial charge in [0.15, 0.2) is 11.6 Å². The monoisotopic (exact) mass is 230 g/mol. The highest BCUT2D eigenvalue weighted by Gasteiger charge is 2.34. The molecule has 1 aromatic rings. The molecule has 0 N–H and O–H groups in total. The molecule has 0 aromatic heterocycles. The molecule has 16 heavy (non-hydrogen) atoms. The number of esters is 1. The van der Waals surface area contributed by atoms with Crippen LogP contribution >= 0.6 is 0 Å². The average Bonchev–Trinajstić information content (AvgIpc) is 3.07. The van der Waals surface area contributed by atoms with E-state index < -0.39 is 29.0 Å². The summed E-state index contributed by atoms with van der Waals surface area (Å²) in [6.45, 7) is 0. The van der Waals surface area contributed by atoms with Crippen molar-refractivity contribution in [2.45, 2.75) is 18.8 Å². The van der Waals surface area contributed by atoms with Crippen molar-refractivity contribution in [3.05, 3.63) is 34.6 Å². The lowest BCUT2D eigenvalue weighted by molar-refractivity contribution is 0.0594. The highest BCUT2D eigenvalue weighted by Crippen LogP contribution is 2.43. The van der Waals surface area contributed by atoms with Crippen LogP contribution in [0.25, 0.3) is 0 Å². The molecule has 1 aliphatic carbocycles. The second kappa shape index (κ2) is 3.81. The molecule has 2 nitrogen and oxygen atoms in total. The minimum atomic E-state index is -1.22. The van der Waals surface area contributed by atoms with Crippen LogP contribution in [-0.4, -0.2) is 13.1 Å². The Morgan fingerprint density at radius 1 is 1.31 bits per heavy atom. The molecule has 0 unspecified atom stereocenters. The van der Waals surface area contributed by atoms with Crippen LogP contribution < -0.4 is 0 Å². The van der Waals surface area contributed by atoms with Gasteiger partial charge in [-0.3, -0.25) is 0 Å². The fourth-order valence-electron chi connectivity index (χ4n) is 1.61. The average molecular weight is 230 g/mol. The zero-order valence-electron chi connectivity index (χ0n) is 8.52. The van der Waals surface area contributed by atoms with Gasteiger partial charge in [0.05, 0.1) is 12.7 Å². The molecule has 1 aromatic carbocycles. The van der Waals surface area contributed by atoms with Crippen molar-refractivity contribution in [1.29, 1.82) is 0 Å². The van der Waals surface area contributed by atoms with E-state index in [1.165, 1.54) is 0 Å². The Morgan fingerprint density at radius 2 is 1.94 bits per heavy atom. The van der Waals surface area contributed by atoms with Crippen LogP contribution in [0.4, 0.5) is 13.2 Å². The number of carbonyl (C=O) groups excluding carboxylic acids is 1. The predicted molar refractivity (Wildman–Crippen MR) is 49.6 cm³/mol. The number of ether oxygens (including phenoxy) is 1. The standard InChI is InChI=1S/C11H9F3O2/c1-16-11(15)6-4-7(12)10(14)8(9(6)13)5-2-3-5/h4-5H,2-3H2,1H3. The van der Waals surface area contributed by atoms with Gasteiger partial charge in [-0.25, -0.2) is 18.0 Å². The van der Waals surface area contributed by atoms with E-state index in [1.54, 1.807) is 0 Å². The number of hydrogen-bond acceptors (Lipinski definition) is 2. The quantitative estimate of drug-likeness (QED) is 0.576. The first-order valence-electron chi connectivity index (χ1n) is 4.82. The van der Waals surface area contributed by atoms with Crippen molar-refractivity contribution in [2.75, 3.05) is 7.11 Å². The minimum absolute atomic E-state index is 0.320. The maximum absolute atomic E-state index is 13.7. The van der Waals surface area contributed by atoms with Gasteiger partial charge in [0.1, 0.15) is 5.82 Å². The fraction of sp³-hybridized carbons (Fsp3) is 0.364. The summed E-state index contributed by atoms with van der Waals surface area (Å²) in [5.41, 5.74) is -0.885. The van der Waals surface area contributed by atoms with Crippen LogP contribution in [0.15, 0.2) is 6.07 Å². The van der Waals surface area contributed by atoms with Crippen molar-refractivity contribution < 1.29 is 22.7 Å². The Labute approximate surface area is 90.0 Å². The van der Waals surface area contributed by atoms with E-state index in [1.807, 2.05) is 0 Å². The molecule has 0 bridgehead atoms. The van der Waals surface area contributed by atoms with E-state index in [2.05, 4.69) is 4.74 Å². The summed E-state index contributed by atoms with van der Waals surface area (Å²) in [6.07, 6.45) is 1.22. The first kappa shape index (κ1) is 11.0. The van der Waals surface area contributed by atoms with Gasteiger partial charge in [0.2, 0.25) is 0 Å². The molecular formula is C11H9F3O2. The van der Waals surface area contributed by atoms with Gasteiger partial charge in [-0.05, 0) is 24.8 Å². The molecule has 0 atom stereocenters. The zero-order chi connectivity index (χ0) is 11.9. The summed E-state index contributed by atoms with van der Waals surface area (Å²) in [4.78, 5) is 11.1. The van der Waals surface area contributed by atoms with Crippen LogP contribution in [0.1, 0.15) is 34.7 Å². The van der Waals surface area contributed by atoms with Gasteiger partial charge < -0.3 is 4.74 Å². The van der Waals surface area contributed by atoms with Crippen LogP contribution in [0, 0.1) is 17.5 Å². The van der Waals surface area contributed by atoms with Crippen molar-refractivity contribution >= 4 is 5.97 Å². The molecule has 5 heteroatoms. The number of hydrogen-bond donors (Lipinski definition) is 0. The van der Waals surface area contributed by atoms with Gasteiger partial charge in [0, 0.05) is 5.56 Å². The lowest BCUT2D eigenvalue weighted by Crippen LogP contribution is -2.10. The number of rotatable bonds is 2. The SMILES string of the molecule is COC(=O)c1cc(F)c(F)c(C2CC2)c1F. The fourth-order valence-corrected chi connectivity index (χ4v) is 1.61. The lowest BCUT2D eigenvalue weighted by Gasteiger charge is -2.08. The topological polar surface area (TPSA) is 26.3 Å².